The van der Waals surface area contributed by atoms with Crippen molar-refractivity contribution < 1.29 is 64.6 Å². The van der Waals surface area contributed by atoms with Gasteiger partial charge in [0, 0.05) is 6.42 Å². The molecule has 2 aliphatic heterocycles. The molecular weight excluding hydrogens is 979 g/mol. The summed E-state index contributed by atoms with van der Waals surface area (Å²) in [4.78, 5) is 13.2. The van der Waals surface area contributed by atoms with Gasteiger partial charge in [0.1, 0.15) is 48.8 Å². The number of amides is 1. The van der Waals surface area contributed by atoms with Crippen LogP contribution in [0.15, 0.2) is 72.9 Å². The first-order chi connectivity index (χ1) is 37.6. The maximum absolute atomic E-state index is 13.2. The molecule has 2 rings (SSSR count). The summed E-state index contributed by atoms with van der Waals surface area (Å²) in [6.45, 7) is 2.64. The highest BCUT2D eigenvalue weighted by Gasteiger charge is 2.51. The van der Waals surface area contributed by atoms with E-state index in [2.05, 4.69) is 79.9 Å². The van der Waals surface area contributed by atoms with Crippen LogP contribution in [0.25, 0.3) is 0 Å². The lowest BCUT2D eigenvalue weighted by atomic mass is 9.97. The largest absolute Gasteiger partial charge is 0.394 e. The van der Waals surface area contributed by atoms with E-state index in [1.54, 1.807) is 6.08 Å². The van der Waals surface area contributed by atoms with Gasteiger partial charge in [-0.15, -0.1) is 0 Å². The minimum Gasteiger partial charge on any atom is -0.394 e. The number of carbonyl (C=O) groups excluding carboxylic acids is 1. The zero-order chi connectivity index (χ0) is 56.0. The molecule has 14 heteroatoms. The molecule has 0 aromatic heterocycles. The third kappa shape index (κ3) is 33.7. The van der Waals surface area contributed by atoms with E-state index < -0.39 is 86.8 Å². The van der Waals surface area contributed by atoms with Crippen LogP contribution in [-0.2, 0) is 23.7 Å². The number of unbranched alkanes of at least 4 members (excludes halogenated alkanes) is 25. The number of rotatable bonds is 48. The van der Waals surface area contributed by atoms with Crippen molar-refractivity contribution in [2.24, 2.45) is 0 Å². The van der Waals surface area contributed by atoms with Crippen LogP contribution >= 0.6 is 0 Å². The van der Waals surface area contributed by atoms with Crippen LogP contribution in [-0.4, -0.2) is 140 Å². The zero-order valence-electron chi connectivity index (χ0n) is 47.9. The lowest BCUT2D eigenvalue weighted by molar-refractivity contribution is -0.359. The van der Waals surface area contributed by atoms with E-state index in [9.17, 15) is 45.6 Å². The van der Waals surface area contributed by atoms with Gasteiger partial charge in [-0.3, -0.25) is 4.79 Å². The summed E-state index contributed by atoms with van der Waals surface area (Å²) in [6.07, 6.45) is 46.8. The average molecular weight is 1090 g/mol. The first-order valence-corrected chi connectivity index (χ1v) is 30.7. The molecule has 0 radical (unpaired) electrons. The molecule has 14 nitrogen and oxygen atoms in total. The second-order valence-electron chi connectivity index (χ2n) is 21.4. The average Bonchev–Trinajstić information content (AvgIpc) is 3.44. The molecule has 446 valence electrons. The first kappa shape index (κ1) is 70.5. The quantitative estimate of drug-likeness (QED) is 0.0204. The molecule has 12 unspecified atom stereocenters. The number of aliphatic hydroxyl groups is 8. The Kier molecular flexibility index (Phi) is 44.1. The number of aliphatic hydroxyl groups excluding tert-OH is 8. The van der Waals surface area contributed by atoms with Crippen molar-refractivity contribution in [3.05, 3.63) is 72.9 Å². The molecule has 0 spiro atoms. The van der Waals surface area contributed by atoms with Crippen molar-refractivity contribution in [2.75, 3.05) is 19.8 Å². The maximum atomic E-state index is 13.2. The summed E-state index contributed by atoms with van der Waals surface area (Å²) >= 11 is 0. The van der Waals surface area contributed by atoms with Gasteiger partial charge in [-0.25, -0.2) is 0 Å². The fraction of sp³-hybridized carbons (Fsp3) is 0.794. The number of allylic oxidation sites excluding steroid dienone is 11. The molecule has 0 aromatic carbocycles. The molecule has 2 fully saturated rings. The Hall–Kier alpha value is -2.57. The van der Waals surface area contributed by atoms with Crippen molar-refractivity contribution in [2.45, 2.75) is 299 Å². The Morgan fingerprint density at radius 2 is 0.909 bits per heavy atom. The molecule has 2 saturated heterocycles. The molecule has 77 heavy (non-hydrogen) atoms. The third-order valence-electron chi connectivity index (χ3n) is 14.6. The number of hydrogen-bond donors (Lipinski definition) is 9. The van der Waals surface area contributed by atoms with Crippen molar-refractivity contribution >= 4 is 5.91 Å². The predicted molar refractivity (Wildman–Crippen MR) is 309 cm³/mol. The predicted octanol–water partition coefficient (Wildman–Crippen LogP) is 10.7. The normalized spacial score (nSPS) is 25.2. The monoisotopic (exact) mass is 1090 g/mol. The Labute approximate surface area is 466 Å². The molecule has 0 saturated carbocycles. The van der Waals surface area contributed by atoms with Gasteiger partial charge >= 0.3 is 0 Å². The van der Waals surface area contributed by atoms with Crippen LogP contribution in [0.4, 0.5) is 0 Å². The van der Waals surface area contributed by atoms with E-state index in [4.69, 9.17) is 18.9 Å². The van der Waals surface area contributed by atoms with Crippen LogP contribution in [0, 0.1) is 0 Å². The highest BCUT2D eigenvalue weighted by Crippen LogP contribution is 2.30. The molecule has 9 N–H and O–H groups in total. The Morgan fingerprint density at radius 3 is 1.43 bits per heavy atom. The van der Waals surface area contributed by atoms with Crippen molar-refractivity contribution in [3.63, 3.8) is 0 Å². The molecule has 1 amide bonds. The van der Waals surface area contributed by atoms with Crippen LogP contribution in [0.2, 0.25) is 0 Å². The fourth-order valence-electron chi connectivity index (χ4n) is 9.71. The van der Waals surface area contributed by atoms with Gasteiger partial charge in [0.25, 0.3) is 0 Å². The number of hydrogen-bond acceptors (Lipinski definition) is 13. The Bertz CT molecular complexity index is 1570. The second kappa shape index (κ2) is 48.2. The molecule has 0 bridgehead atoms. The van der Waals surface area contributed by atoms with Gasteiger partial charge in [-0.2, -0.15) is 0 Å². The lowest BCUT2D eigenvalue weighted by Gasteiger charge is -2.46. The topological polar surface area (TPSA) is 228 Å². The van der Waals surface area contributed by atoms with Crippen molar-refractivity contribution in [3.8, 4) is 0 Å². The van der Waals surface area contributed by atoms with Gasteiger partial charge in [0.05, 0.1) is 32.0 Å². The third-order valence-corrected chi connectivity index (χ3v) is 14.6. The Balaban J connectivity index is 1.75. The maximum Gasteiger partial charge on any atom is 0.220 e. The first-order valence-electron chi connectivity index (χ1n) is 30.7. The standard InChI is InChI=1S/C63H111NO13/c1-3-5-7-9-11-13-15-17-19-20-21-22-23-24-25-26-27-28-29-30-31-33-34-36-38-40-42-44-46-52(67)51(64-55(68)47-45-43-41-39-37-35-32-18-16-14-12-10-8-6-4-2)50-74-62-60(73)58(71)61(54(49-66)76-62)77-63-59(72)57(70)56(69)53(48-65)75-63/h6,8,12,14,18,32,36-39,44,46,51-54,56-63,65-67,69-73H,3-5,7,9-11,13,15-17,19-31,33-35,40-43,45,47-50H2,1-2H3,(H,64,68)/b8-6-,14-12-,32-18-,38-36+,39-37-,46-44+. The molecule has 2 heterocycles. The van der Waals surface area contributed by atoms with Gasteiger partial charge in [0.15, 0.2) is 12.6 Å². The summed E-state index contributed by atoms with van der Waals surface area (Å²) < 4.78 is 22.7. The highest BCUT2D eigenvalue weighted by atomic mass is 16.7. The SMILES string of the molecule is CC/C=C\C/C=C\C/C=C\C/C=C\CCCCC(=O)NC(COC1OC(CO)C(OC2OC(CO)C(O)C(O)C2O)C(O)C1O)C(O)/C=C/CC/C=C/CCCCCCCCCCCCCCCCCCCCCCCC. The number of carbonyl (C=O) groups is 1. The summed E-state index contributed by atoms with van der Waals surface area (Å²) in [5.41, 5.74) is 0. The molecule has 0 aromatic rings. The van der Waals surface area contributed by atoms with Crippen LogP contribution in [0.1, 0.15) is 226 Å². The highest BCUT2D eigenvalue weighted by molar-refractivity contribution is 5.76. The summed E-state index contributed by atoms with van der Waals surface area (Å²) in [5.74, 6) is -0.291. The fourth-order valence-corrected chi connectivity index (χ4v) is 9.71. The van der Waals surface area contributed by atoms with Crippen LogP contribution in [0.5, 0.6) is 0 Å². The second-order valence-corrected chi connectivity index (χ2v) is 21.4. The summed E-state index contributed by atoms with van der Waals surface area (Å²) in [7, 11) is 0. The van der Waals surface area contributed by atoms with E-state index in [-0.39, 0.29) is 18.9 Å². The number of nitrogens with one attached hydrogen (secondary N) is 1. The smallest absolute Gasteiger partial charge is 0.220 e. The molecule has 2 aliphatic rings. The van der Waals surface area contributed by atoms with Gasteiger partial charge in [-0.1, -0.05) is 222 Å². The van der Waals surface area contributed by atoms with Gasteiger partial charge in [0.2, 0.25) is 5.91 Å². The molecule has 0 aliphatic carbocycles. The zero-order valence-corrected chi connectivity index (χ0v) is 47.9. The molecular formula is C63H111NO13. The van der Waals surface area contributed by atoms with Crippen molar-refractivity contribution in [1.29, 1.82) is 0 Å². The van der Waals surface area contributed by atoms with E-state index in [1.807, 2.05) is 6.08 Å². The number of ether oxygens (including phenoxy) is 4. The van der Waals surface area contributed by atoms with E-state index in [1.165, 1.54) is 141 Å². The van der Waals surface area contributed by atoms with Gasteiger partial charge < -0.3 is 65.1 Å². The van der Waals surface area contributed by atoms with Crippen molar-refractivity contribution in [1.82, 2.24) is 5.32 Å². The van der Waals surface area contributed by atoms with Gasteiger partial charge in [-0.05, 0) is 70.6 Å². The van der Waals surface area contributed by atoms with Crippen LogP contribution in [0.3, 0.4) is 0 Å². The minimum atomic E-state index is -1.80. The van der Waals surface area contributed by atoms with E-state index in [0.717, 1.165) is 51.4 Å². The lowest BCUT2D eigenvalue weighted by Crippen LogP contribution is -2.65. The molecule has 12 atom stereocenters. The van der Waals surface area contributed by atoms with E-state index in [0.29, 0.717) is 12.8 Å². The Morgan fingerprint density at radius 1 is 0.481 bits per heavy atom. The summed E-state index contributed by atoms with van der Waals surface area (Å²) in [5, 5.41) is 87.0. The summed E-state index contributed by atoms with van der Waals surface area (Å²) in [6, 6.07) is -0.957. The van der Waals surface area contributed by atoms with Crippen LogP contribution < -0.4 is 5.32 Å². The van der Waals surface area contributed by atoms with E-state index >= 15 is 0 Å². The minimum absolute atomic E-state index is 0.218.